The second kappa shape index (κ2) is 9.62. The predicted molar refractivity (Wildman–Crippen MR) is 106 cm³/mol. The largest absolute Gasteiger partial charge is 0.479 e. The van der Waals surface area contributed by atoms with Crippen molar-refractivity contribution in [1.82, 2.24) is 20.3 Å². The van der Waals surface area contributed by atoms with Crippen LogP contribution in [0.4, 0.5) is 4.39 Å². The van der Waals surface area contributed by atoms with Gasteiger partial charge in [0.2, 0.25) is 5.88 Å². The summed E-state index contributed by atoms with van der Waals surface area (Å²) in [4.78, 5) is 24.4. The number of pyridine rings is 1. The van der Waals surface area contributed by atoms with Crippen LogP contribution in [-0.4, -0.2) is 41.1 Å². The number of nitrogens with one attached hydrogen (secondary N) is 1. The Morgan fingerprint density at radius 2 is 1.86 bits per heavy atom. The first-order valence-corrected chi connectivity index (χ1v) is 9.92. The van der Waals surface area contributed by atoms with Gasteiger partial charge in [0.1, 0.15) is 0 Å². The van der Waals surface area contributed by atoms with E-state index in [9.17, 15) is 9.18 Å². The Labute approximate surface area is 170 Å². The molecule has 8 heteroatoms. The van der Waals surface area contributed by atoms with Crippen LogP contribution in [0, 0.1) is 11.7 Å². The lowest BCUT2D eigenvalue weighted by molar-refractivity contribution is 0.0908. The van der Waals surface area contributed by atoms with E-state index in [0.717, 1.165) is 32.1 Å². The van der Waals surface area contributed by atoms with E-state index >= 15 is 0 Å². The van der Waals surface area contributed by atoms with Crippen LogP contribution < -0.4 is 14.8 Å². The quantitative estimate of drug-likeness (QED) is 0.763. The summed E-state index contributed by atoms with van der Waals surface area (Å²) >= 11 is 0. The third-order valence-electron chi connectivity index (χ3n) is 5.69. The molecule has 2 aromatic rings. The fourth-order valence-electron chi connectivity index (χ4n) is 4.07. The highest BCUT2D eigenvalue weighted by Crippen LogP contribution is 2.39. The van der Waals surface area contributed by atoms with Gasteiger partial charge in [0, 0.05) is 24.6 Å². The maximum Gasteiger partial charge on any atom is 0.316 e. The maximum absolute atomic E-state index is 14.5. The molecule has 0 spiro atoms. The maximum atomic E-state index is 14.5. The molecule has 1 amide bonds. The summed E-state index contributed by atoms with van der Waals surface area (Å²) in [6.07, 6.45) is 8.93. The summed E-state index contributed by atoms with van der Waals surface area (Å²) in [5, 5.41) is 3.11. The Balaban J connectivity index is 1.60. The van der Waals surface area contributed by atoms with Crippen molar-refractivity contribution in [2.75, 3.05) is 14.2 Å². The highest BCUT2D eigenvalue weighted by atomic mass is 19.1. The molecule has 3 rings (SSSR count). The Bertz CT molecular complexity index is 823. The molecule has 1 aliphatic rings. The number of carbonyl (C=O) groups is 1. The number of hydrogen-bond donors (Lipinski definition) is 1. The molecule has 0 aromatic carbocycles. The SMILES string of the molecule is CC[C@@H](NC(=O)c1cnc(OC)nc1)C1CCC(c2ccnc(OC)c2F)CC1. The van der Waals surface area contributed by atoms with E-state index < -0.39 is 0 Å². The lowest BCUT2D eigenvalue weighted by atomic mass is 9.75. The zero-order chi connectivity index (χ0) is 20.8. The number of hydrogen-bond acceptors (Lipinski definition) is 6. The molecular weight excluding hydrogens is 375 g/mol. The van der Waals surface area contributed by atoms with Gasteiger partial charge in [-0.15, -0.1) is 0 Å². The Kier molecular flexibility index (Phi) is 6.95. The Morgan fingerprint density at radius 1 is 1.17 bits per heavy atom. The van der Waals surface area contributed by atoms with E-state index in [0.29, 0.717) is 17.0 Å². The van der Waals surface area contributed by atoms with Crippen LogP contribution in [0.5, 0.6) is 11.9 Å². The standard InChI is InChI=1S/C21H27FN4O3/c1-4-17(26-19(27)15-11-24-21(29-3)25-12-15)14-7-5-13(6-8-14)16-9-10-23-20(28-2)18(16)22/h9-14,17H,4-8H2,1-3H3,(H,26,27)/t13?,14?,17-/m1/s1. The van der Waals surface area contributed by atoms with Crippen molar-refractivity contribution in [1.29, 1.82) is 0 Å². The molecule has 0 radical (unpaired) electrons. The van der Waals surface area contributed by atoms with Crippen molar-refractivity contribution >= 4 is 5.91 Å². The summed E-state index contributed by atoms with van der Waals surface area (Å²) in [5.74, 6) is -0.00706. The lowest BCUT2D eigenvalue weighted by Gasteiger charge is -2.34. The van der Waals surface area contributed by atoms with Gasteiger partial charge in [0.25, 0.3) is 5.91 Å². The van der Waals surface area contributed by atoms with Gasteiger partial charge in [-0.25, -0.2) is 19.3 Å². The lowest BCUT2D eigenvalue weighted by Crippen LogP contribution is -2.41. The van der Waals surface area contributed by atoms with Crippen LogP contribution >= 0.6 is 0 Å². The van der Waals surface area contributed by atoms with E-state index in [4.69, 9.17) is 9.47 Å². The molecule has 0 unspecified atom stereocenters. The monoisotopic (exact) mass is 402 g/mol. The predicted octanol–water partition coefficient (Wildman–Crippen LogP) is 3.51. The van der Waals surface area contributed by atoms with E-state index in [1.54, 1.807) is 12.3 Å². The number of rotatable bonds is 7. The number of nitrogens with zero attached hydrogens (tertiary/aromatic N) is 3. The van der Waals surface area contributed by atoms with Crippen molar-refractivity contribution in [2.45, 2.75) is 51.0 Å². The van der Waals surface area contributed by atoms with Gasteiger partial charge in [-0.1, -0.05) is 6.92 Å². The summed E-state index contributed by atoms with van der Waals surface area (Å²) in [6, 6.07) is 2.03. The fourth-order valence-corrected chi connectivity index (χ4v) is 4.07. The van der Waals surface area contributed by atoms with Gasteiger partial charge in [-0.2, -0.15) is 0 Å². The molecule has 1 saturated carbocycles. The first-order valence-electron chi connectivity index (χ1n) is 9.92. The van der Waals surface area contributed by atoms with Crippen LogP contribution in [0.3, 0.4) is 0 Å². The normalized spacial score (nSPS) is 20.0. The van der Waals surface area contributed by atoms with E-state index in [1.807, 2.05) is 0 Å². The smallest absolute Gasteiger partial charge is 0.316 e. The summed E-state index contributed by atoms with van der Waals surface area (Å²) in [7, 11) is 2.90. The minimum atomic E-state index is -0.363. The van der Waals surface area contributed by atoms with Gasteiger partial charge >= 0.3 is 6.01 Å². The Hall–Kier alpha value is -2.77. The fraction of sp³-hybridized carbons (Fsp3) is 0.524. The number of carbonyl (C=O) groups excluding carboxylic acids is 1. The van der Waals surface area contributed by atoms with E-state index in [-0.39, 0.29) is 35.6 Å². The van der Waals surface area contributed by atoms with Gasteiger partial charge < -0.3 is 14.8 Å². The molecule has 7 nitrogen and oxygen atoms in total. The van der Waals surface area contributed by atoms with E-state index in [1.165, 1.54) is 26.6 Å². The molecule has 0 aliphatic heterocycles. The zero-order valence-electron chi connectivity index (χ0n) is 17.0. The molecule has 1 aliphatic carbocycles. The minimum Gasteiger partial charge on any atom is -0.479 e. The second-order valence-electron chi connectivity index (χ2n) is 7.28. The van der Waals surface area contributed by atoms with Gasteiger partial charge in [0.15, 0.2) is 5.82 Å². The number of aromatic nitrogens is 3. The van der Waals surface area contributed by atoms with Gasteiger partial charge in [-0.05, 0) is 55.6 Å². The Morgan fingerprint density at radius 3 is 2.45 bits per heavy atom. The second-order valence-corrected chi connectivity index (χ2v) is 7.28. The first-order chi connectivity index (χ1) is 14.1. The summed E-state index contributed by atoms with van der Waals surface area (Å²) < 4.78 is 24.5. The molecule has 2 aromatic heterocycles. The van der Waals surface area contributed by atoms with Crippen molar-refractivity contribution in [3.05, 3.63) is 41.6 Å². The van der Waals surface area contributed by atoms with Crippen molar-refractivity contribution in [3.8, 4) is 11.9 Å². The van der Waals surface area contributed by atoms with E-state index in [2.05, 4.69) is 27.2 Å². The highest BCUT2D eigenvalue weighted by Gasteiger charge is 2.30. The highest BCUT2D eigenvalue weighted by molar-refractivity contribution is 5.93. The number of halogens is 1. The molecule has 1 atom stereocenters. The van der Waals surface area contributed by atoms with Crippen LogP contribution in [0.1, 0.15) is 60.9 Å². The van der Waals surface area contributed by atoms with Crippen molar-refractivity contribution < 1.29 is 18.7 Å². The molecule has 0 saturated heterocycles. The minimum absolute atomic E-state index is 0.0463. The van der Waals surface area contributed by atoms with Crippen LogP contribution in [0.2, 0.25) is 0 Å². The number of ether oxygens (including phenoxy) is 2. The average molecular weight is 402 g/mol. The van der Waals surface area contributed by atoms with Crippen molar-refractivity contribution in [2.24, 2.45) is 5.92 Å². The number of methoxy groups -OCH3 is 2. The molecule has 1 N–H and O–H groups in total. The molecule has 2 heterocycles. The molecule has 29 heavy (non-hydrogen) atoms. The van der Waals surface area contributed by atoms with Gasteiger partial charge in [-0.3, -0.25) is 4.79 Å². The molecule has 1 fully saturated rings. The van der Waals surface area contributed by atoms with Crippen LogP contribution in [0.15, 0.2) is 24.7 Å². The third-order valence-corrected chi connectivity index (χ3v) is 5.69. The average Bonchev–Trinajstić information content (AvgIpc) is 2.77. The van der Waals surface area contributed by atoms with Crippen LogP contribution in [-0.2, 0) is 0 Å². The topological polar surface area (TPSA) is 86.2 Å². The third kappa shape index (κ3) is 4.81. The summed E-state index contributed by atoms with van der Waals surface area (Å²) in [5.41, 5.74) is 1.08. The van der Waals surface area contributed by atoms with Crippen LogP contribution in [0.25, 0.3) is 0 Å². The first kappa shape index (κ1) is 21.0. The van der Waals surface area contributed by atoms with Gasteiger partial charge in [0.05, 0.1) is 19.8 Å². The molecular formula is C21H27FN4O3. The number of amides is 1. The zero-order valence-corrected chi connectivity index (χ0v) is 17.0. The summed E-state index contributed by atoms with van der Waals surface area (Å²) in [6.45, 7) is 2.06. The molecule has 0 bridgehead atoms. The molecule has 156 valence electrons. The van der Waals surface area contributed by atoms with Crippen molar-refractivity contribution in [3.63, 3.8) is 0 Å².